The van der Waals surface area contributed by atoms with E-state index in [4.69, 9.17) is 0 Å². The van der Waals surface area contributed by atoms with Crippen LogP contribution >= 0.6 is 0 Å². The largest absolute Gasteiger partial charge is 0.358 e. The van der Waals surface area contributed by atoms with Crippen molar-refractivity contribution in [3.8, 4) is 0 Å². The summed E-state index contributed by atoms with van der Waals surface area (Å²) in [6.45, 7) is 2.13. The molecule has 1 unspecified atom stereocenters. The number of hydrogen-bond acceptors (Lipinski definition) is 1. The van der Waals surface area contributed by atoms with Crippen LogP contribution in [0.1, 0.15) is 28.8 Å². The molecule has 0 saturated heterocycles. The predicted molar refractivity (Wildman–Crippen MR) is 97.1 cm³/mol. The van der Waals surface area contributed by atoms with E-state index in [1.807, 2.05) is 30.3 Å². The molecule has 1 aromatic heterocycles. The van der Waals surface area contributed by atoms with E-state index < -0.39 is 0 Å². The Labute approximate surface area is 142 Å². The van der Waals surface area contributed by atoms with Crippen molar-refractivity contribution in [3.05, 3.63) is 70.9 Å². The number of benzene rings is 2. The van der Waals surface area contributed by atoms with Gasteiger partial charge in [-0.2, -0.15) is 0 Å². The van der Waals surface area contributed by atoms with Crippen LogP contribution in [0.25, 0.3) is 10.9 Å². The Kier molecular flexibility index (Phi) is 3.85. The Morgan fingerprint density at radius 1 is 1.21 bits per heavy atom. The fraction of sp³-hybridized carbons (Fsp3) is 0.286. The van der Waals surface area contributed by atoms with E-state index in [0.29, 0.717) is 6.42 Å². The van der Waals surface area contributed by atoms with E-state index in [9.17, 15) is 4.79 Å². The van der Waals surface area contributed by atoms with Crippen LogP contribution < -0.4 is 5.32 Å². The number of amides is 1. The maximum absolute atomic E-state index is 12.3. The van der Waals surface area contributed by atoms with E-state index in [1.54, 1.807) is 0 Å². The van der Waals surface area contributed by atoms with Gasteiger partial charge in [-0.25, -0.2) is 0 Å². The van der Waals surface area contributed by atoms with E-state index >= 15 is 0 Å². The van der Waals surface area contributed by atoms with Gasteiger partial charge in [-0.3, -0.25) is 4.79 Å². The van der Waals surface area contributed by atoms with Crippen LogP contribution in [-0.2, 0) is 24.1 Å². The maximum Gasteiger partial charge on any atom is 0.224 e. The first-order chi connectivity index (χ1) is 11.7. The second-order valence-corrected chi connectivity index (χ2v) is 6.80. The van der Waals surface area contributed by atoms with E-state index in [-0.39, 0.29) is 11.9 Å². The highest BCUT2D eigenvalue weighted by molar-refractivity contribution is 5.86. The van der Waals surface area contributed by atoms with Gasteiger partial charge in [-0.05, 0) is 43.0 Å². The molecule has 2 aromatic carbocycles. The number of aromatic nitrogens is 1. The van der Waals surface area contributed by atoms with Gasteiger partial charge in [0.2, 0.25) is 5.91 Å². The molecule has 1 atom stereocenters. The van der Waals surface area contributed by atoms with E-state index in [1.165, 1.54) is 27.7 Å². The van der Waals surface area contributed by atoms with Gasteiger partial charge in [0.25, 0.3) is 0 Å². The first-order valence-corrected chi connectivity index (χ1v) is 8.62. The third-order valence-corrected chi connectivity index (χ3v) is 4.92. The summed E-state index contributed by atoms with van der Waals surface area (Å²) in [7, 11) is 0. The molecule has 0 bridgehead atoms. The molecule has 122 valence electrons. The molecule has 4 rings (SSSR count). The molecule has 0 aliphatic heterocycles. The maximum atomic E-state index is 12.3. The highest BCUT2D eigenvalue weighted by Crippen LogP contribution is 2.29. The Morgan fingerprint density at radius 3 is 2.88 bits per heavy atom. The number of hydrogen-bond donors (Lipinski definition) is 2. The van der Waals surface area contributed by atoms with Crippen LogP contribution in [-0.4, -0.2) is 16.9 Å². The average molecular weight is 318 g/mol. The first kappa shape index (κ1) is 15.0. The Hall–Kier alpha value is -2.55. The molecule has 1 aliphatic rings. The van der Waals surface area contributed by atoms with Crippen molar-refractivity contribution in [1.82, 2.24) is 10.3 Å². The van der Waals surface area contributed by atoms with Gasteiger partial charge in [0.05, 0.1) is 6.42 Å². The minimum atomic E-state index is 0.113. The van der Waals surface area contributed by atoms with Crippen molar-refractivity contribution in [1.29, 1.82) is 0 Å². The molecule has 0 fully saturated rings. The van der Waals surface area contributed by atoms with Gasteiger partial charge >= 0.3 is 0 Å². The molecule has 3 nitrogen and oxygen atoms in total. The van der Waals surface area contributed by atoms with Gasteiger partial charge in [-0.1, -0.05) is 42.0 Å². The Bertz CT molecular complexity index is 879. The first-order valence-electron chi connectivity index (χ1n) is 8.62. The Balaban J connectivity index is 1.46. The van der Waals surface area contributed by atoms with Crippen LogP contribution in [0.15, 0.2) is 48.5 Å². The van der Waals surface area contributed by atoms with Crippen molar-refractivity contribution >= 4 is 16.8 Å². The van der Waals surface area contributed by atoms with Crippen LogP contribution in [0.2, 0.25) is 0 Å². The lowest BCUT2D eigenvalue weighted by molar-refractivity contribution is -0.121. The average Bonchev–Trinajstić information content (AvgIpc) is 2.92. The number of carbonyl (C=O) groups excluding carboxylic acids is 1. The standard InChI is InChI=1S/C21H22N2O/c1-14-7-10-19-18(11-14)17-9-8-16(13-20(17)23-19)22-21(24)12-15-5-3-2-4-6-15/h2-7,10-11,16,23H,8-9,12-13H2,1H3,(H,22,24). The lowest BCUT2D eigenvalue weighted by atomic mass is 9.91. The van der Waals surface area contributed by atoms with Gasteiger partial charge in [0.1, 0.15) is 0 Å². The highest BCUT2D eigenvalue weighted by atomic mass is 16.1. The summed E-state index contributed by atoms with van der Waals surface area (Å²) in [5, 5.41) is 4.55. The SMILES string of the molecule is Cc1ccc2[nH]c3c(c2c1)CCC(NC(=O)Cc1ccccc1)C3. The van der Waals surface area contributed by atoms with E-state index in [2.05, 4.69) is 35.4 Å². The van der Waals surface area contributed by atoms with Crippen LogP contribution in [0, 0.1) is 6.92 Å². The number of H-pyrrole nitrogens is 1. The van der Waals surface area contributed by atoms with Crippen molar-refractivity contribution in [2.75, 3.05) is 0 Å². The number of aromatic amines is 1. The van der Waals surface area contributed by atoms with Crippen molar-refractivity contribution in [3.63, 3.8) is 0 Å². The van der Waals surface area contributed by atoms with Crippen molar-refractivity contribution in [2.45, 2.75) is 38.6 Å². The molecule has 0 spiro atoms. The molecule has 3 aromatic rings. The molecule has 1 heterocycles. The molecule has 1 amide bonds. The fourth-order valence-electron chi connectivity index (χ4n) is 3.73. The van der Waals surface area contributed by atoms with Crippen LogP contribution in [0.4, 0.5) is 0 Å². The quantitative estimate of drug-likeness (QED) is 0.760. The summed E-state index contributed by atoms with van der Waals surface area (Å²) >= 11 is 0. The highest BCUT2D eigenvalue weighted by Gasteiger charge is 2.23. The molecule has 3 heteroatoms. The fourth-order valence-corrected chi connectivity index (χ4v) is 3.73. The molecule has 24 heavy (non-hydrogen) atoms. The minimum Gasteiger partial charge on any atom is -0.358 e. The second kappa shape index (κ2) is 6.16. The van der Waals surface area contributed by atoms with Crippen LogP contribution in [0.3, 0.4) is 0 Å². The summed E-state index contributed by atoms with van der Waals surface area (Å²) in [5.41, 5.74) is 6.28. The summed E-state index contributed by atoms with van der Waals surface area (Å²) in [4.78, 5) is 15.8. The zero-order chi connectivity index (χ0) is 16.5. The molecular weight excluding hydrogens is 296 g/mol. The third kappa shape index (κ3) is 2.94. The smallest absolute Gasteiger partial charge is 0.224 e. The normalized spacial score (nSPS) is 16.8. The zero-order valence-corrected chi connectivity index (χ0v) is 13.9. The topological polar surface area (TPSA) is 44.9 Å². The number of aryl methyl sites for hydroxylation is 2. The number of rotatable bonds is 3. The summed E-state index contributed by atoms with van der Waals surface area (Å²) in [6, 6.07) is 16.7. The van der Waals surface area contributed by atoms with Crippen molar-refractivity contribution < 1.29 is 4.79 Å². The lowest BCUT2D eigenvalue weighted by Crippen LogP contribution is -2.39. The monoisotopic (exact) mass is 318 g/mol. The van der Waals surface area contributed by atoms with E-state index in [0.717, 1.165) is 24.8 Å². The molecule has 2 N–H and O–H groups in total. The lowest BCUT2D eigenvalue weighted by Gasteiger charge is -2.23. The second-order valence-electron chi connectivity index (χ2n) is 6.80. The summed E-state index contributed by atoms with van der Waals surface area (Å²) in [6.07, 6.45) is 3.38. The number of fused-ring (bicyclic) bond motifs is 3. The molecule has 1 aliphatic carbocycles. The zero-order valence-electron chi connectivity index (χ0n) is 13.9. The van der Waals surface area contributed by atoms with Gasteiger partial charge in [0, 0.05) is 29.1 Å². The number of nitrogens with one attached hydrogen (secondary N) is 2. The van der Waals surface area contributed by atoms with Crippen LogP contribution in [0.5, 0.6) is 0 Å². The third-order valence-electron chi connectivity index (χ3n) is 4.92. The summed E-state index contributed by atoms with van der Waals surface area (Å²) < 4.78 is 0. The summed E-state index contributed by atoms with van der Waals surface area (Å²) in [5.74, 6) is 0.113. The van der Waals surface area contributed by atoms with Crippen molar-refractivity contribution in [2.24, 2.45) is 0 Å². The van der Waals surface area contributed by atoms with Gasteiger partial charge in [0.15, 0.2) is 0 Å². The molecule has 0 radical (unpaired) electrons. The van der Waals surface area contributed by atoms with Gasteiger partial charge in [-0.15, -0.1) is 0 Å². The molecular formula is C21H22N2O. The predicted octanol–water partition coefficient (Wildman–Crippen LogP) is 3.69. The van der Waals surface area contributed by atoms with Gasteiger partial charge < -0.3 is 10.3 Å². The Morgan fingerprint density at radius 2 is 2.04 bits per heavy atom. The minimum absolute atomic E-state index is 0.113. The number of carbonyl (C=O) groups is 1. The molecule has 0 saturated carbocycles.